The summed E-state index contributed by atoms with van der Waals surface area (Å²) in [6, 6.07) is 11.4. The molecule has 2 aromatic carbocycles. The fraction of sp³-hybridized carbons (Fsp3) is 0.263. The Hall–Kier alpha value is -2.82. The quantitative estimate of drug-likeness (QED) is 0.786. The summed E-state index contributed by atoms with van der Waals surface area (Å²) in [5, 5.41) is 18.7. The van der Waals surface area contributed by atoms with Crippen LogP contribution >= 0.6 is 0 Å². The van der Waals surface area contributed by atoms with Crippen LogP contribution in [0.25, 0.3) is 17.1 Å². The fourth-order valence-corrected chi connectivity index (χ4v) is 2.86. The van der Waals surface area contributed by atoms with E-state index < -0.39 is 0 Å². The van der Waals surface area contributed by atoms with Crippen molar-refractivity contribution < 1.29 is 9.84 Å². The molecule has 0 saturated carbocycles. The number of phenolic OH excluding ortho intramolecular Hbond substituents is 1. The number of methoxy groups -OCH3 is 1. The van der Waals surface area contributed by atoms with Crippen LogP contribution in [0.2, 0.25) is 0 Å². The van der Waals surface area contributed by atoms with Gasteiger partial charge < -0.3 is 9.84 Å². The van der Waals surface area contributed by atoms with Gasteiger partial charge in [0.25, 0.3) is 0 Å². The molecule has 0 aliphatic carbocycles. The maximum absolute atomic E-state index is 10.4. The number of nitrogens with zero attached hydrogens (tertiary/aromatic N) is 3. The lowest BCUT2D eigenvalue weighted by Crippen LogP contribution is -1.99. The van der Waals surface area contributed by atoms with Crippen molar-refractivity contribution in [3.05, 3.63) is 53.9 Å². The van der Waals surface area contributed by atoms with E-state index in [0.717, 1.165) is 17.0 Å². The second kappa shape index (κ2) is 6.35. The van der Waals surface area contributed by atoms with Crippen molar-refractivity contribution in [2.75, 3.05) is 7.11 Å². The number of benzene rings is 2. The maximum Gasteiger partial charge on any atom is 0.172 e. The van der Waals surface area contributed by atoms with Gasteiger partial charge in [-0.3, -0.25) is 4.57 Å². The first-order valence-corrected chi connectivity index (χ1v) is 7.89. The highest BCUT2D eigenvalue weighted by molar-refractivity contribution is 5.68. The highest BCUT2D eigenvalue weighted by atomic mass is 16.5. The molecule has 0 bridgehead atoms. The summed E-state index contributed by atoms with van der Waals surface area (Å²) in [6.07, 6.45) is 1.64. The summed E-state index contributed by atoms with van der Waals surface area (Å²) < 4.78 is 7.05. The summed E-state index contributed by atoms with van der Waals surface area (Å²) >= 11 is 0. The van der Waals surface area contributed by atoms with Crippen molar-refractivity contribution in [1.82, 2.24) is 14.8 Å². The zero-order chi connectivity index (χ0) is 17.3. The predicted molar refractivity (Wildman–Crippen MR) is 93.8 cm³/mol. The first-order valence-electron chi connectivity index (χ1n) is 7.89. The van der Waals surface area contributed by atoms with Gasteiger partial charge in [0.15, 0.2) is 5.82 Å². The third-order valence-corrected chi connectivity index (χ3v) is 4.15. The van der Waals surface area contributed by atoms with Gasteiger partial charge >= 0.3 is 0 Å². The topological polar surface area (TPSA) is 60.2 Å². The first kappa shape index (κ1) is 16.1. The summed E-state index contributed by atoms with van der Waals surface area (Å²) in [4.78, 5) is 0. The van der Waals surface area contributed by atoms with Gasteiger partial charge in [0.1, 0.15) is 17.8 Å². The lowest BCUT2D eigenvalue weighted by Gasteiger charge is -2.14. The Bertz CT molecular complexity index is 852. The van der Waals surface area contributed by atoms with Crippen LogP contribution in [0.3, 0.4) is 0 Å². The Labute approximate surface area is 141 Å². The van der Waals surface area contributed by atoms with Crippen molar-refractivity contribution in [2.24, 2.45) is 0 Å². The van der Waals surface area contributed by atoms with Crippen molar-refractivity contribution in [3.8, 4) is 28.6 Å². The summed E-state index contributed by atoms with van der Waals surface area (Å²) in [7, 11) is 1.64. The van der Waals surface area contributed by atoms with Crippen molar-refractivity contribution in [1.29, 1.82) is 0 Å². The standard InChI is InChI=1S/C19H21N3O2/c1-12(2)16-10-17(18(23)9-13(16)3)19-21-20-11-22(19)14-5-7-15(24-4)8-6-14/h5-12,23H,1-4H3. The molecular formula is C19H21N3O2. The first-order chi connectivity index (χ1) is 11.5. The van der Waals surface area contributed by atoms with E-state index in [4.69, 9.17) is 4.74 Å². The van der Waals surface area contributed by atoms with Crippen LogP contribution in [0.4, 0.5) is 0 Å². The minimum atomic E-state index is 0.208. The van der Waals surface area contributed by atoms with Gasteiger partial charge in [0.2, 0.25) is 0 Å². The largest absolute Gasteiger partial charge is 0.507 e. The second-order valence-corrected chi connectivity index (χ2v) is 6.10. The molecule has 0 atom stereocenters. The van der Waals surface area contributed by atoms with Gasteiger partial charge in [-0.1, -0.05) is 13.8 Å². The molecule has 1 heterocycles. The Balaban J connectivity index is 2.11. The Morgan fingerprint density at radius 3 is 2.46 bits per heavy atom. The molecule has 24 heavy (non-hydrogen) atoms. The zero-order valence-electron chi connectivity index (χ0n) is 14.3. The molecule has 0 unspecified atom stereocenters. The third-order valence-electron chi connectivity index (χ3n) is 4.15. The molecule has 1 N–H and O–H groups in total. The van der Waals surface area contributed by atoms with Crippen LogP contribution in [-0.4, -0.2) is 27.0 Å². The number of rotatable bonds is 4. The van der Waals surface area contributed by atoms with E-state index in [1.165, 1.54) is 5.56 Å². The van der Waals surface area contributed by atoms with E-state index in [9.17, 15) is 5.11 Å². The molecule has 3 rings (SSSR count). The molecule has 5 heteroatoms. The van der Waals surface area contributed by atoms with E-state index in [-0.39, 0.29) is 5.75 Å². The van der Waals surface area contributed by atoms with Gasteiger partial charge in [0, 0.05) is 5.69 Å². The normalized spacial score (nSPS) is 11.0. The highest BCUT2D eigenvalue weighted by Gasteiger charge is 2.16. The number of aromatic hydroxyl groups is 1. The molecule has 5 nitrogen and oxygen atoms in total. The van der Waals surface area contributed by atoms with Crippen LogP contribution < -0.4 is 4.74 Å². The van der Waals surface area contributed by atoms with E-state index in [1.807, 2.05) is 41.8 Å². The lowest BCUT2D eigenvalue weighted by molar-refractivity contribution is 0.414. The zero-order valence-corrected chi connectivity index (χ0v) is 14.3. The Morgan fingerprint density at radius 2 is 1.83 bits per heavy atom. The summed E-state index contributed by atoms with van der Waals surface area (Å²) in [5.74, 6) is 1.97. The van der Waals surface area contributed by atoms with Gasteiger partial charge in [-0.2, -0.15) is 0 Å². The van der Waals surface area contributed by atoms with Gasteiger partial charge in [-0.15, -0.1) is 10.2 Å². The lowest BCUT2D eigenvalue weighted by atomic mass is 9.95. The number of aryl methyl sites for hydroxylation is 1. The summed E-state index contributed by atoms with van der Waals surface area (Å²) in [5.41, 5.74) is 3.84. The molecule has 0 amide bonds. The molecule has 0 fully saturated rings. The third kappa shape index (κ3) is 2.85. The summed E-state index contributed by atoms with van der Waals surface area (Å²) in [6.45, 7) is 6.28. The molecule has 3 aromatic rings. The van der Waals surface area contributed by atoms with Crippen LogP contribution in [0, 0.1) is 6.92 Å². The average Bonchev–Trinajstić information content (AvgIpc) is 3.04. The second-order valence-electron chi connectivity index (χ2n) is 6.10. The minimum Gasteiger partial charge on any atom is -0.507 e. The fourth-order valence-electron chi connectivity index (χ4n) is 2.86. The van der Waals surface area contributed by atoms with E-state index in [0.29, 0.717) is 17.3 Å². The minimum absolute atomic E-state index is 0.208. The number of hydrogen-bond donors (Lipinski definition) is 1. The Morgan fingerprint density at radius 1 is 1.12 bits per heavy atom. The molecule has 1 aromatic heterocycles. The predicted octanol–water partition coefficient (Wildman–Crippen LogP) is 4.08. The Kier molecular flexibility index (Phi) is 4.25. The van der Waals surface area contributed by atoms with Crippen molar-refractivity contribution in [2.45, 2.75) is 26.7 Å². The monoisotopic (exact) mass is 323 g/mol. The van der Waals surface area contributed by atoms with Gasteiger partial charge in [-0.05, 0) is 60.4 Å². The highest BCUT2D eigenvalue weighted by Crippen LogP contribution is 2.34. The smallest absolute Gasteiger partial charge is 0.172 e. The molecule has 0 aliphatic heterocycles. The van der Waals surface area contributed by atoms with Gasteiger partial charge in [0.05, 0.1) is 12.7 Å². The maximum atomic E-state index is 10.4. The average molecular weight is 323 g/mol. The van der Waals surface area contributed by atoms with Crippen LogP contribution in [0.1, 0.15) is 30.9 Å². The number of phenols is 1. The number of ether oxygens (including phenoxy) is 1. The van der Waals surface area contributed by atoms with Crippen molar-refractivity contribution in [3.63, 3.8) is 0 Å². The molecule has 124 valence electrons. The molecule has 0 saturated heterocycles. The molecule has 0 aliphatic rings. The van der Waals surface area contributed by atoms with Crippen molar-refractivity contribution >= 4 is 0 Å². The number of hydrogen-bond acceptors (Lipinski definition) is 4. The van der Waals surface area contributed by atoms with Crippen LogP contribution in [0.15, 0.2) is 42.7 Å². The number of aromatic nitrogens is 3. The molecule has 0 spiro atoms. The van der Waals surface area contributed by atoms with Crippen LogP contribution in [0.5, 0.6) is 11.5 Å². The van der Waals surface area contributed by atoms with E-state index in [1.54, 1.807) is 19.5 Å². The van der Waals surface area contributed by atoms with E-state index >= 15 is 0 Å². The van der Waals surface area contributed by atoms with Crippen LogP contribution in [-0.2, 0) is 0 Å². The van der Waals surface area contributed by atoms with Gasteiger partial charge in [-0.25, -0.2) is 0 Å². The SMILES string of the molecule is COc1ccc(-n2cnnc2-c2cc(C(C)C)c(C)cc2O)cc1. The molecule has 0 radical (unpaired) electrons. The van der Waals surface area contributed by atoms with E-state index in [2.05, 4.69) is 24.0 Å². The molecular weight excluding hydrogens is 302 g/mol.